The van der Waals surface area contributed by atoms with Gasteiger partial charge in [-0.1, -0.05) is 48.0 Å². The van der Waals surface area contributed by atoms with E-state index in [4.69, 9.17) is 11.6 Å². The molecule has 106 valence electrons. The summed E-state index contributed by atoms with van der Waals surface area (Å²) in [5.41, 5.74) is 2.71. The molecule has 2 aromatic rings. The molecule has 1 aliphatic carbocycles. The molecular weight excluding hydrogens is 284 g/mol. The molecule has 0 bridgehead atoms. The number of Topliss-reactive ketones (excluding diaryl/α,β-unsaturated/α-hetero) is 2. The molecule has 1 atom stereocenters. The maximum absolute atomic E-state index is 12.4. The van der Waals surface area contributed by atoms with Crippen LogP contribution in [0.2, 0.25) is 5.02 Å². The van der Waals surface area contributed by atoms with E-state index in [1.165, 1.54) is 0 Å². The molecule has 0 spiro atoms. The lowest BCUT2D eigenvalue weighted by atomic mass is 9.79. The molecule has 0 fully saturated rings. The van der Waals surface area contributed by atoms with Gasteiger partial charge in [-0.05, 0) is 29.7 Å². The molecule has 2 nitrogen and oxygen atoms in total. The summed E-state index contributed by atoms with van der Waals surface area (Å²) in [5.74, 6) is -0.176. The number of carbonyl (C=O) groups is 2. The van der Waals surface area contributed by atoms with Crippen LogP contribution in [0.15, 0.2) is 48.5 Å². The molecule has 0 radical (unpaired) electrons. The lowest BCUT2D eigenvalue weighted by molar-refractivity contribution is -0.120. The first-order chi connectivity index (χ1) is 10.1. The number of aryl methyl sites for hydroxylation is 1. The summed E-state index contributed by atoms with van der Waals surface area (Å²) >= 11 is 6.01. The molecule has 0 saturated heterocycles. The molecule has 0 aliphatic heterocycles. The van der Waals surface area contributed by atoms with Crippen LogP contribution in [0.25, 0.3) is 0 Å². The van der Waals surface area contributed by atoms with E-state index in [0.717, 1.165) is 11.1 Å². The van der Waals surface area contributed by atoms with Crippen LogP contribution in [0, 0.1) is 0 Å². The van der Waals surface area contributed by atoms with E-state index < -0.39 is 0 Å². The number of benzene rings is 2. The number of fused-ring (bicyclic) bond motifs is 1. The van der Waals surface area contributed by atoms with Crippen molar-refractivity contribution in [3.05, 3.63) is 70.2 Å². The number of halogens is 1. The maximum atomic E-state index is 12.4. The predicted octanol–water partition coefficient (Wildman–Crippen LogP) is 4.21. The van der Waals surface area contributed by atoms with Crippen LogP contribution in [0.3, 0.4) is 0 Å². The van der Waals surface area contributed by atoms with Crippen LogP contribution < -0.4 is 0 Å². The van der Waals surface area contributed by atoms with Gasteiger partial charge in [0.2, 0.25) is 0 Å². The van der Waals surface area contributed by atoms with E-state index in [0.29, 0.717) is 23.4 Å². The van der Waals surface area contributed by atoms with Crippen molar-refractivity contribution in [3.63, 3.8) is 0 Å². The largest absolute Gasteiger partial charge is 0.299 e. The predicted molar refractivity (Wildman–Crippen MR) is 82.9 cm³/mol. The molecule has 0 aromatic heterocycles. The Kier molecular flexibility index (Phi) is 3.89. The summed E-state index contributed by atoms with van der Waals surface area (Å²) in [7, 11) is 0. The Morgan fingerprint density at radius 1 is 1.10 bits per heavy atom. The fourth-order valence-corrected chi connectivity index (χ4v) is 3.08. The Bertz CT molecular complexity index is 692. The normalized spacial score (nSPS) is 17.4. The van der Waals surface area contributed by atoms with Gasteiger partial charge in [0.25, 0.3) is 0 Å². The first-order valence-corrected chi connectivity index (χ1v) is 7.42. The zero-order chi connectivity index (χ0) is 14.8. The number of carbonyl (C=O) groups excluding carboxylic acids is 2. The molecule has 21 heavy (non-hydrogen) atoms. The van der Waals surface area contributed by atoms with Crippen molar-refractivity contribution in [1.82, 2.24) is 0 Å². The van der Waals surface area contributed by atoms with E-state index in [9.17, 15) is 9.59 Å². The van der Waals surface area contributed by atoms with Crippen LogP contribution in [-0.2, 0) is 11.2 Å². The van der Waals surface area contributed by atoms with Gasteiger partial charge < -0.3 is 0 Å². The third kappa shape index (κ3) is 2.91. The molecule has 2 aromatic carbocycles. The third-order valence-corrected chi connectivity index (χ3v) is 4.23. The van der Waals surface area contributed by atoms with E-state index in [1.807, 2.05) is 30.3 Å². The standard InChI is InChI=1S/C18H15ClO2/c19-14-7-8-15-13(10-14)6-9-17(20)16(15)11-18(21)12-4-2-1-3-5-12/h1-5,7-8,10,16H,6,9,11H2/t16-/m0/s1. The van der Waals surface area contributed by atoms with Crippen molar-refractivity contribution in [3.8, 4) is 0 Å². The van der Waals surface area contributed by atoms with Crippen molar-refractivity contribution in [2.75, 3.05) is 0 Å². The van der Waals surface area contributed by atoms with E-state index >= 15 is 0 Å². The van der Waals surface area contributed by atoms with Crippen LogP contribution >= 0.6 is 11.6 Å². The Morgan fingerprint density at radius 2 is 1.86 bits per heavy atom. The second-order valence-electron chi connectivity index (χ2n) is 5.36. The number of hydrogen-bond acceptors (Lipinski definition) is 2. The Balaban J connectivity index is 1.89. The Labute approximate surface area is 128 Å². The van der Waals surface area contributed by atoms with Crippen LogP contribution in [0.1, 0.15) is 40.2 Å². The molecule has 0 N–H and O–H groups in total. The monoisotopic (exact) mass is 298 g/mol. The van der Waals surface area contributed by atoms with E-state index in [2.05, 4.69) is 0 Å². The van der Waals surface area contributed by atoms with E-state index in [-0.39, 0.29) is 23.9 Å². The summed E-state index contributed by atoms with van der Waals surface area (Å²) in [6, 6.07) is 14.7. The Morgan fingerprint density at radius 3 is 2.62 bits per heavy atom. The van der Waals surface area contributed by atoms with Gasteiger partial charge in [0, 0.05) is 23.4 Å². The van der Waals surface area contributed by atoms with Crippen LogP contribution in [0.4, 0.5) is 0 Å². The first kappa shape index (κ1) is 14.0. The summed E-state index contributed by atoms with van der Waals surface area (Å²) in [6.07, 6.45) is 1.43. The smallest absolute Gasteiger partial charge is 0.163 e. The van der Waals surface area contributed by atoms with Crippen molar-refractivity contribution < 1.29 is 9.59 Å². The Hall–Kier alpha value is -1.93. The fourth-order valence-electron chi connectivity index (χ4n) is 2.89. The highest BCUT2D eigenvalue weighted by Gasteiger charge is 2.29. The fraction of sp³-hybridized carbons (Fsp3) is 0.222. The van der Waals surface area contributed by atoms with Gasteiger partial charge in [0.05, 0.1) is 5.92 Å². The van der Waals surface area contributed by atoms with Crippen molar-refractivity contribution in [1.29, 1.82) is 0 Å². The highest BCUT2D eigenvalue weighted by atomic mass is 35.5. The third-order valence-electron chi connectivity index (χ3n) is 4.00. The van der Waals surface area contributed by atoms with Gasteiger partial charge in [-0.15, -0.1) is 0 Å². The summed E-state index contributed by atoms with van der Waals surface area (Å²) in [4.78, 5) is 24.6. The lowest BCUT2D eigenvalue weighted by Gasteiger charge is -2.24. The molecule has 3 rings (SSSR count). The average Bonchev–Trinajstić information content (AvgIpc) is 2.51. The van der Waals surface area contributed by atoms with Gasteiger partial charge in [-0.2, -0.15) is 0 Å². The molecule has 0 heterocycles. The quantitative estimate of drug-likeness (QED) is 0.795. The summed E-state index contributed by atoms with van der Waals surface area (Å²) in [5, 5.41) is 0.677. The number of hydrogen-bond donors (Lipinski definition) is 0. The summed E-state index contributed by atoms with van der Waals surface area (Å²) in [6.45, 7) is 0. The minimum atomic E-state index is -0.335. The minimum Gasteiger partial charge on any atom is -0.299 e. The van der Waals surface area contributed by atoms with Gasteiger partial charge in [0.15, 0.2) is 5.78 Å². The van der Waals surface area contributed by atoms with Crippen molar-refractivity contribution in [2.45, 2.75) is 25.2 Å². The second-order valence-corrected chi connectivity index (χ2v) is 5.79. The molecule has 1 aliphatic rings. The first-order valence-electron chi connectivity index (χ1n) is 7.04. The molecule has 0 unspecified atom stereocenters. The average molecular weight is 299 g/mol. The van der Waals surface area contributed by atoms with Crippen LogP contribution in [-0.4, -0.2) is 11.6 Å². The van der Waals surface area contributed by atoms with Gasteiger partial charge in [-0.3, -0.25) is 9.59 Å². The maximum Gasteiger partial charge on any atom is 0.163 e. The lowest BCUT2D eigenvalue weighted by Crippen LogP contribution is -2.23. The van der Waals surface area contributed by atoms with Gasteiger partial charge in [-0.25, -0.2) is 0 Å². The topological polar surface area (TPSA) is 34.1 Å². The molecular formula is C18H15ClO2. The zero-order valence-electron chi connectivity index (χ0n) is 11.5. The van der Waals surface area contributed by atoms with Gasteiger partial charge in [0.1, 0.15) is 5.78 Å². The summed E-state index contributed by atoms with van der Waals surface area (Å²) < 4.78 is 0. The van der Waals surface area contributed by atoms with Crippen LogP contribution in [0.5, 0.6) is 0 Å². The molecule has 0 amide bonds. The van der Waals surface area contributed by atoms with Crippen molar-refractivity contribution in [2.24, 2.45) is 0 Å². The highest BCUT2D eigenvalue weighted by molar-refractivity contribution is 6.30. The number of ketones is 2. The minimum absolute atomic E-state index is 0.0109. The molecule has 3 heteroatoms. The molecule has 0 saturated carbocycles. The van der Waals surface area contributed by atoms with Crippen molar-refractivity contribution >= 4 is 23.2 Å². The second kappa shape index (κ2) is 5.82. The number of rotatable bonds is 3. The SMILES string of the molecule is O=C(C[C@@H]1C(=O)CCc2cc(Cl)ccc21)c1ccccc1. The van der Waals surface area contributed by atoms with Gasteiger partial charge >= 0.3 is 0 Å². The highest BCUT2D eigenvalue weighted by Crippen LogP contribution is 2.33. The van der Waals surface area contributed by atoms with E-state index in [1.54, 1.807) is 18.2 Å². The zero-order valence-corrected chi connectivity index (χ0v) is 12.3.